The van der Waals surface area contributed by atoms with E-state index in [1.54, 1.807) is 18.2 Å². The molecule has 0 fully saturated rings. The van der Waals surface area contributed by atoms with E-state index in [0.717, 1.165) is 11.3 Å². The van der Waals surface area contributed by atoms with Crippen LogP contribution in [-0.4, -0.2) is 24.3 Å². The number of hydrogen-bond acceptors (Lipinski definition) is 4. The highest BCUT2D eigenvalue weighted by Gasteiger charge is 2.20. The summed E-state index contributed by atoms with van der Waals surface area (Å²) >= 11 is 7.34. The van der Waals surface area contributed by atoms with Crippen molar-refractivity contribution in [3.05, 3.63) is 63.7 Å². The van der Waals surface area contributed by atoms with Gasteiger partial charge in [-0.15, -0.1) is 11.3 Å². The number of nitrogens with two attached hydrogens (primary N) is 1. The summed E-state index contributed by atoms with van der Waals surface area (Å²) in [4.78, 5) is 36.0. The van der Waals surface area contributed by atoms with E-state index in [1.165, 1.54) is 24.3 Å². The molecule has 2 aromatic carbocycles. The molecule has 3 aromatic rings. The zero-order valence-corrected chi connectivity index (χ0v) is 16.0. The van der Waals surface area contributed by atoms with Crippen LogP contribution in [0.2, 0.25) is 5.02 Å². The zero-order valence-electron chi connectivity index (χ0n) is 14.4. The fraction of sp³-hybridized carbons (Fsp3) is 0.105. The lowest BCUT2D eigenvalue weighted by Crippen LogP contribution is -2.28. The maximum absolute atomic E-state index is 13.4. The van der Waals surface area contributed by atoms with Crippen LogP contribution >= 0.6 is 22.9 Å². The second-order valence-corrected chi connectivity index (χ2v) is 7.29. The molecule has 0 spiro atoms. The van der Waals surface area contributed by atoms with Gasteiger partial charge in [-0.2, -0.15) is 0 Å². The molecule has 0 saturated carbocycles. The van der Waals surface area contributed by atoms with Gasteiger partial charge in [-0.1, -0.05) is 23.7 Å². The number of halogens is 2. The van der Waals surface area contributed by atoms with Crippen LogP contribution in [0.3, 0.4) is 0 Å². The summed E-state index contributed by atoms with van der Waals surface area (Å²) in [7, 11) is 0. The van der Waals surface area contributed by atoms with E-state index in [2.05, 4.69) is 10.6 Å². The predicted molar refractivity (Wildman–Crippen MR) is 107 cm³/mol. The number of carbonyl (C=O) groups is 3. The van der Waals surface area contributed by atoms with Crippen LogP contribution in [0.1, 0.15) is 26.5 Å². The molecule has 0 atom stereocenters. The van der Waals surface area contributed by atoms with Crippen molar-refractivity contribution < 1.29 is 18.8 Å². The van der Waals surface area contributed by atoms with Gasteiger partial charge in [0.15, 0.2) is 0 Å². The maximum atomic E-state index is 13.4. The van der Waals surface area contributed by atoms with Crippen LogP contribution in [-0.2, 0) is 4.79 Å². The Morgan fingerprint density at radius 1 is 1.11 bits per heavy atom. The van der Waals surface area contributed by atoms with Crippen LogP contribution in [0.4, 0.5) is 10.1 Å². The molecule has 3 amide bonds. The van der Waals surface area contributed by atoms with Crippen molar-refractivity contribution in [2.24, 2.45) is 5.73 Å². The Hall–Kier alpha value is -2.97. The third-order valence-corrected chi connectivity index (χ3v) is 5.53. The molecular weight excluding hydrogens is 405 g/mol. The molecule has 6 nitrogen and oxygen atoms in total. The summed E-state index contributed by atoms with van der Waals surface area (Å²) in [6.45, 7) is 0.0875. The molecule has 28 heavy (non-hydrogen) atoms. The minimum Gasteiger partial charge on any atom is -0.370 e. The summed E-state index contributed by atoms with van der Waals surface area (Å²) in [5.41, 5.74) is 5.56. The normalized spacial score (nSPS) is 10.6. The molecule has 9 heteroatoms. The average molecular weight is 420 g/mol. The van der Waals surface area contributed by atoms with Crippen LogP contribution in [0.15, 0.2) is 42.5 Å². The molecule has 0 unspecified atom stereocenters. The lowest BCUT2D eigenvalue weighted by molar-refractivity contribution is -0.117. The molecular formula is C19H15ClFN3O3S. The van der Waals surface area contributed by atoms with Crippen molar-refractivity contribution in [1.82, 2.24) is 5.32 Å². The number of benzene rings is 2. The van der Waals surface area contributed by atoms with Crippen molar-refractivity contribution in [3.8, 4) is 0 Å². The van der Waals surface area contributed by atoms with E-state index >= 15 is 0 Å². The zero-order chi connectivity index (χ0) is 20.3. The van der Waals surface area contributed by atoms with E-state index in [-0.39, 0.29) is 34.1 Å². The van der Waals surface area contributed by atoms with Crippen molar-refractivity contribution in [2.45, 2.75) is 6.42 Å². The van der Waals surface area contributed by atoms with Crippen molar-refractivity contribution in [1.29, 1.82) is 0 Å². The first-order chi connectivity index (χ1) is 13.4. The summed E-state index contributed by atoms with van der Waals surface area (Å²) in [6.07, 6.45) is 0.00815. The number of primary amides is 1. The standard InChI is InChI=1S/C19H15ClFN3O3S/c20-16-12-6-5-10(21)9-14(12)28-17(16)19(27)24-13-4-2-1-3-11(13)18(26)23-8-7-15(22)25/h1-6,9H,7-8H2,(H2,22,25)(H,23,26)(H,24,27). The second-order valence-electron chi connectivity index (χ2n) is 5.86. The van der Waals surface area contributed by atoms with Gasteiger partial charge in [0.25, 0.3) is 11.8 Å². The minimum absolute atomic E-state index is 0.00815. The summed E-state index contributed by atoms with van der Waals surface area (Å²) < 4.78 is 14.0. The quantitative estimate of drug-likeness (QED) is 0.569. The number of para-hydroxylation sites is 1. The first-order valence-electron chi connectivity index (χ1n) is 8.21. The van der Waals surface area contributed by atoms with Gasteiger partial charge in [-0.3, -0.25) is 14.4 Å². The lowest BCUT2D eigenvalue weighted by atomic mass is 10.1. The molecule has 0 radical (unpaired) electrons. The Labute approximate surface area is 168 Å². The highest BCUT2D eigenvalue weighted by Crippen LogP contribution is 2.36. The van der Waals surface area contributed by atoms with Gasteiger partial charge in [0.05, 0.1) is 16.3 Å². The Morgan fingerprint density at radius 3 is 2.61 bits per heavy atom. The van der Waals surface area contributed by atoms with Crippen molar-refractivity contribution in [3.63, 3.8) is 0 Å². The highest BCUT2D eigenvalue weighted by atomic mass is 35.5. The first-order valence-corrected chi connectivity index (χ1v) is 9.40. The number of carbonyl (C=O) groups excluding carboxylic acids is 3. The van der Waals surface area contributed by atoms with Gasteiger partial charge in [0.1, 0.15) is 10.7 Å². The molecule has 144 valence electrons. The maximum Gasteiger partial charge on any atom is 0.267 e. The topological polar surface area (TPSA) is 101 Å². The van der Waals surface area contributed by atoms with Crippen LogP contribution in [0.5, 0.6) is 0 Å². The number of nitrogens with one attached hydrogen (secondary N) is 2. The van der Waals surface area contributed by atoms with Crippen molar-refractivity contribution >= 4 is 56.4 Å². The average Bonchev–Trinajstić information content (AvgIpc) is 2.97. The molecule has 1 heterocycles. The molecule has 0 aliphatic carbocycles. The molecule has 0 bridgehead atoms. The summed E-state index contributed by atoms with van der Waals surface area (Å²) in [6, 6.07) is 10.5. The molecule has 0 saturated heterocycles. The number of rotatable bonds is 6. The third-order valence-electron chi connectivity index (χ3n) is 3.87. The fourth-order valence-corrected chi connectivity index (χ4v) is 3.99. The largest absolute Gasteiger partial charge is 0.370 e. The molecule has 0 aliphatic heterocycles. The number of hydrogen-bond donors (Lipinski definition) is 3. The van der Waals surface area contributed by atoms with Gasteiger partial charge in [-0.05, 0) is 30.3 Å². The SMILES string of the molecule is NC(=O)CCNC(=O)c1ccccc1NC(=O)c1sc2cc(F)ccc2c1Cl. The van der Waals surface area contributed by atoms with E-state index in [1.807, 2.05) is 0 Å². The monoisotopic (exact) mass is 419 g/mol. The molecule has 4 N–H and O–H groups in total. The van der Waals surface area contributed by atoms with Gasteiger partial charge in [-0.25, -0.2) is 4.39 Å². The minimum atomic E-state index is -0.530. The van der Waals surface area contributed by atoms with Crippen LogP contribution in [0.25, 0.3) is 10.1 Å². The van der Waals surface area contributed by atoms with E-state index in [0.29, 0.717) is 10.1 Å². The van der Waals surface area contributed by atoms with Gasteiger partial charge < -0.3 is 16.4 Å². The Bertz CT molecular complexity index is 1080. The summed E-state index contributed by atoms with van der Waals surface area (Å²) in [5.74, 6) is -1.92. The van der Waals surface area contributed by atoms with Gasteiger partial charge in [0.2, 0.25) is 5.91 Å². The second kappa shape index (κ2) is 8.37. The number of amides is 3. The van der Waals surface area contributed by atoms with Crippen molar-refractivity contribution in [2.75, 3.05) is 11.9 Å². The molecule has 1 aromatic heterocycles. The highest BCUT2D eigenvalue weighted by molar-refractivity contribution is 7.21. The fourth-order valence-electron chi connectivity index (χ4n) is 2.55. The Kier molecular flexibility index (Phi) is 5.91. The van der Waals surface area contributed by atoms with E-state index < -0.39 is 23.5 Å². The molecule has 0 aliphatic rings. The summed E-state index contributed by atoms with van der Waals surface area (Å²) in [5, 5.41) is 6.03. The Balaban J connectivity index is 1.82. The number of thiophene rings is 1. The third kappa shape index (κ3) is 4.29. The first kappa shape index (κ1) is 19.8. The number of fused-ring (bicyclic) bond motifs is 1. The predicted octanol–water partition coefficient (Wildman–Crippen LogP) is 3.55. The lowest BCUT2D eigenvalue weighted by Gasteiger charge is -2.11. The van der Waals surface area contributed by atoms with Crippen LogP contribution in [0, 0.1) is 5.82 Å². The molecule has 3 rings (SSSR count). The number of anilines is 1. The van der Waals surface area contributed by atoms with E-state index in [9.17, 15) is 18.8 Å². The smallest absolute Gasteiger partial charge is 0.267 e. The Morgan fingerprint density at radius 2 is 1.86 bits per heavy atom. The van der Waals surface area contributed by atoms with Crippen LogP contribution < -0.4 is 16.4 Å². The van der Waals surface area contributed by atoms with Gasteiger partial charge >= 0.3 is 0 Å². The van der Waals surface area contributed by atoms with Gasteiger partial charge in [0, 0.05) is 23.1 Å². The van der Waals surface area contributed by atoms with E-state index in [4.69, 9.17) is 17.3 Å².